The highest BCUT2D eigenvalue weighted by Gasteiger charge is 2.13. The van der Waals surface area contributed by atoms with Crippen LogP contribution in [0.25, 0.3) is 10.6 Å². The number of urea groups is 1. The fraction of sp³-hybridized carbons (Fsp3) is 0.333. The molecule has 0 spiro atoms. The fourth-order valence-corrected chi connectivity index (χ4v) is 2.91. The minimum absolute atomic E-state index is 0.0301. The first-order chi connectivity index (χ1) is 12.5. The van der Waals surface area contributed by atoms with Crippen molar-refractivity contribution >= 4 is 29.2 Å². The third kappa shape index (κ3) is 6.29. The van der Waals surface area contributed by atoms with Gasteiger partial charge in [0.2, 0.25) is 0 Å². The van der Waals surface area contributed by atoms with Crippen molar-refractivity contribution in [3.63, 3.8) is 0 Å². The van der Waals surface area contributed by atoms with Crippen LogP contribution in [0.15, 0.2) is 29.6 Å². The standard InChI is InChI=1S/C18H21N3O4S/c1-3-7-19-18(24)21-15(22)10-25-16(23)9-14-11-26-17(20-14)13-6-4-5-12(2)8-13/h4-6,8,11H,3,7,9-10H2,1-2H3,(H2,19,21,22,24). The number of nitrogens with one attached hydrogen (secondary N) is 2. The van der Waals surface area contributed by atoms with Crippen molar-refractivity contribution < 1.29 is 19.1 Å². The van der Waals surface area contributed by atoms with Crippen LogP contribution < -0.4 is 10.6 Å². The van der Waals surface area contributed by atoms with Crippen LogP contribution in [-0.2, 0) is 20.7 Å². The predicted molar refractivity (Wildman–Crippen MR) is 98.8 cm³/mol. The lowest BCUT2D eigenvalue weighted by molar-refractivity contribution is -0.147. The van der Waals surface area contributed by atoms with Gasteiger partial charge in [-0.15, -0.1) is 11.3 Å². The zero-order valence-electron chi connectivity index (χ0n) is 14.7. The Kier molecular flexibility index (Phi) is 7.28. The number of esters is 1. The Morgan fingerprint density at radius 3 is 2.81 bits per heavy atom. The minimum atomic E-state index is -0.675. The molecule has 26 heavy (non-hydrogen) atoms. The second kappa shape index (κ2) is 9.67. The number of aryl methyl sites for hydroxylation is 1. The van der Waals surface area contributed by atoms with Crippen molar-refractivity contribution in [2.24, 2.45) is 0 Å². The Hall–Kier alpha value is -2.74. The third-order valence-electron chi connectivity index (χ3n) is 3.29. The van der Waals surface area contributed by atoms with E-state index in [0.717, 1.165) is 22.6 Å². The first kappa shape index (κ1) is 19.6. The number of carbonyl (C=O) groups excluding carboxylic acids is 3. The van der Waals surface area contributed by atoms with Gasteiger partial charge in [0.25, 0.3) is 5.91 Å². The predicted octanol–water partition coefficient (Wildman–Crippen LogP) is 2.44. The number of hydrogen-bond acceptors (Lipinski definition) is 6. The first-order valence-electron chi connectivity index (χ1n) is 8.22. The number of benzene rings is 1. The molecule has 1 aromatic carbocycles. The summed E-state index contributed by atoms with van der Waals surface area (Å²) in [6, 6.07) is 7.34. The van der Waals surface area contributed by atoms with Gasteiger partial charge < -0.3 is 10.1 Å². The third-order valence-corrected chi connectivity index (χ3v) is 4.24. The number of carbonyl (C=O) groups is 3. The van der Waals surface area contributed by atoms with Crippen molar-refractivity contribution in [1.82, 2.24) is 15.6 Å². The molecular formula is C18H21N3O4S. The van der Waals surface area contributed by atoms with E-state index in [1.807, 2.05) is 38.1 Å². The van der Waals surface area contributed by atoms with E-state index >= 15 is 0 Å². The van der Waals surface area contributed by atoms with Gasteiger partial charge in [0.05, 0.1) is 12.1 Å². The molecule has 0 saturated carbocycles. The molecule has 0 saturated heterocycles. The number of ether oxygens (including phenoxy) is 1. The normalized spacial score (nSPS) is 10.2. The second-order valence-corrected chi connectivity index (χ2v) is 6.51. The molecular weight excluding hydrogens is 354 g/mol. The van der Waals surface area contributed by atoms with E-state index in [4.69, 9.17) is 4.74 Å². The molecule has 0 aliphatic rings. The van der Waals surface area contributed by atoms with Gasteiger partial charge in [-0.2, -0.15) is 0 Å². The number of imide groups is 1. The van der Waals surface area contributed by atoms with Gasteiger partial charge in [0.15, 0.2) is 6.61 Å². The monoisotopic (exact) mass is 375 g/mol. The molecule has 0 aliphatic heterocycles. The Labute approximate surface area is 155 Å². The maximum atomic E-state index is 11.8. The average Bonchev–Trinajstić information content (AvgIpc) is 3.06. The van der Waals surface area contributed by atoms with E-state index in [-0.39, 0.29) is 6.42 Å². The SMILES string of the molecule is CCCNC(=O)NC(=O)COC(=O)Cc1csc(-c2cccc(C)c2)n1. The number of hydrogen-bond donors (Lipinski definition) is 2. The van der Waals surface area contributed by atoms with Crippen LogP contribution in [0.1, 0.15) is 24.6 Å². The topological polar surface area (TPSA) is 97.4 Å². The van der Waals surface area contributed by atoms with Gasteiger partial charge in [-0.3, -0.25) is 14.9 Å². The van der Waals surface area contributed by atoms with Crippen LogP contribution in [0, 0.1) is 6.92 Å². The quantitative estimate of drug-likeness (QED) is 0.725. The van der Waals surface area contributed by atoms with Gasteiger partial charge in [-0.25, -0.2) is 9.78 Å². The van der Waals surface area contributed by atoms with Crippen LogP contribution in [0.3, 0.4) is 0 Å². The zero-order valence-corrected chi connectivity index (χ0v) is 15.5. The molecule has 0 radical (unpaired) electrons. The summed E-state index contributed by atoms with van der Waals surface area (Å²) >= 11 is 1.44. The number of aromatic nitrogens is 1. The summed E-state index contributed by atoms with van der Waals surface area (Å²) in [4.78, 5) is 39.1. The van der Waals surface area contributed by atoms with E-state index in [1.165, 1.54) is 11.3 Å². The maximum Gasteiger partial charge on any atom is 0.321 e. The lowest BCUT2D eigenvalue weighted by Gasteiger charge is -2.06. The first-order valence-corrected chi connectivity index (χ1v) is 9.10. The van der Waals surface area contributed by atoms with Gasteiger partial charge in [0, 0.05) is 17.5 Å². The highest BCUT2D eigenvalue weighted by Crippen LogP contribution is 2.24. The van der Waals surface area contributed by atoms with E-state index < -0.39 is 24.5 Å². The molecule has 1 heterocycles. The van der Waals surface area contributed by atoms with Gasteiger partial charge in [-0.1, -0.05) is 30.7 Å². The smallest absolute Gasteiger partial charge is 0.321 e. The largest absolute Gasteiger partial charge is 0.455 e. The number of rotatable bonds is 7. The van der Waals surface area contributed by atoms with Gasteiger partial charge >= 0.3 is 12.0 Å². The Bertz CT molecular complexity index is 788. The van der Waals surface area contributed by atoms with Crippen LogP contribution in [0.4, 0.5) is 4.79 Å². The van der Waals surface area contributed by atoms with Crippen molar-refractivity contribution in [3.05, 3.63) is 40.9 Å². The molecule has 0 fully saturated rings. The van der Waals surface area contributed by atoms with Crippen LogP contribution in [0.2, 0.25) is 0 Å². The van der Waals surface area contributed by atoms with Gasteiger partial charge in [-0.05, 0) is 19.4 Å². The molecule has 138 valence electrons. The molecule has 0 atom stereocenters. The number of nitrogens with zero attached hydrogens (tertiary/aromatic N) is 1. The van der Waals surface area contributed by atoms with E-state index in [1.54, 1.807) is 5.38 Å². The summed E-state index contributed by atoms with van der Waals surface area (Å²) in [5.41, 5.74) is 2.71. The van der Waals surface area contributed by atoms with Gasteiger partial charge in [0.1, 0.15) is 5.01 Å². The van der Waals surface area contributed by atoms with Crippen molar-refractivity contribution in [1.29, 1.82) is 0 Å². The molecule has 0 unspecified atom stereocenters. The van der Waals surface area contributed by atoms with E-state index in [0.29, 0.717) is 12.2 Å². The maximum absolute atomic E-state index is 11.8. The Balaban J connectivity index is 1.79. The second-order valence-electron chi connectivity index (χ2n) is 5.66. The Morgan fingerprint density at radius 2 is 2.08 bits per heavy atom. The molecule has 3 amide bonds. The zero-order chi connectivity index (χ0) is 18.9. The highest BCUT2D eigenvalue weighted by atomic mass is 32.1. The molecule has 2 rings (SSSR count). The molecule has 7 nitrogen and oxygen atoms in total. The minimum Gasteiger partial charge on any atom is -0.455 e. The fourth-order valence-electron chi connectivity index (χ4n) is 2.09. The summed E-state index contributed by atoms with van der Waals surface area (Å²) in [6.45, 7) is 3.86. The Morgan fingerprint density at radius 1 is 1.27 bits per heavy atom. The molecule has 8 heteroatoms. The van der Waals surface area contributed by atoms with Crippen molar-refractivity contribution in [3.8, 4) is 10.6 Å². The lowest BCUT2D eigenvalue weighted by atomic mass is 10.1. The summed E-state index contributed by atoms with van der Waals surface area (Å²) in [6.07, 6.45) is 0.729. The lowest BCUT2D eigenvalue weighted by Crippen LogP contribution is -2.41. The summed E-state index contributed by atoms with van der Waals surface area (Å²) in [5.74, 6) is -1.25. The van der Waals surface area contributed by atoms with Crippen molar-refractivity contribution in [2.45, 2.75) is 26.7 Å². The molecule has 0 aliphatic carbocycles. The highest BCUT2D eigenvalue weighted by molar-refractivity contribution is 7.13. The van der Waals surface area contributed by atoms with E-state index in [2.05, 4.69) is 15.6 Å². The average molecular weight is 375 g/mol. The van der Waals surface area contributed by atoms with Crippen LogP contribution in [-0.4, -0.2) is 36.0 Å². The molecule has 1 aromatic heterocycles. The van der Waals surface area contributed by atoms with Crippen LogP contribution >= 0.6 is 11.3 Å². The van der Waals surface area contributed by atoms with Crippen LogP contribution in [0.5, 0.6) is 0 Å². The summed E-state index contributed by atoms with van der Waals surface area (Å²) < 4.78 is 4.88. The molecule has 2 N–H and O–H groups in total. The van der Waals surface area contributed by atoms with E-state index in [9.17, 15) is 14.4 Å². The summed E-state index contributed by atoms with van der Waals surface area (Å²) in [7, 11) is 0. The number of thiazole rings is 1. The summed E-state index contributed by atoms with van der Waals surface area (Å²) in [5, 5.41) is 7.19. The molecule has 0 bridgehead atoms. The molecule has 2 aromatic rings. The number of amides is 3. The van der Waals surface area contributed by atoms with Crippen molar-refractivity contribution in [2.75, 3.05) is 13.2 Å².